The van der Waals surface area contributed by atoms with E-state index in [0.717, 1.165) is 0 Å². The Labute approximate surface area is 113 Å². The van der Waals surface area contributed by atoms with Gasteiger partial charge < -0.3 is 10.5 Å². The highest BCUT2D eigenvalue weighted by Gasteiger charge is 2.25. The molecule has 1 rings (SSSR count). The second-order valence-electron chi connectivity index (χ2n) is 3.94. The van der Waals surface area contributed by atoms with Crippen molar-refractivity contribution in [1.82, 2.24) is 0 Å². The lowest BCUT2D eigenvalue weighted by Gasteiger charge is -2.10. The summed E-state index contributed by atoms with van der Waals surface area (Å²) in [5.41, 5.74) is 6.33. The summed E-state index contributed by atoms with van der Waals surface area (Å²) in [5.74, 6) is -0.483. The number of hydrogen-bond donors (Lipinski definition) is 1. The summed E-state index contributed by atoms with van der Waals surface area (Å²) in [6.45, 7) is 0.0124. The highest BCUT2D eigenvalue weighted by atomic mass is 32.1. The van der Waals surface area contributed by atoms with Crippen molar-refractivity contribution in [2.75, 3.05) is 6.61 Å². The van der Waals surface area contributed by atoms with Crippen molar-refractivity contribution >= 4 is 17.2 Å². The zero-order chi connectivity index (χ0) is 14.5. The highest BCUT2D eigenvalue weighted by molar-refractivity contribution is 7.80. The molecule has 0 heterocycles. The Morgan fingerprint density at radius 1 is 1.32 bits per heavy atom. The number of rotatable bonds is 6. The molecule has 2 nitrogen and oxygen atoms in total. The standard InChI is InChI=1S/C12H13F4NOS/c13-9-3-2-8(10(6-9)11(17)19)7-18-5-1-4-12(14,15)16/h2-3,6H,1,4-5,7H2,(H2,17,19). The molecule has 0 bridgehead atoms. The van der Waals surface area contributed by atoms with Crippen molar-refractivity contribution in [2.45, 2.75) is 25.6 Å². The maximum atomic E-state index is 13.0. The third kappa shape index (κ3) is 5.98. The fourth-order valence-corrected chi connectivity index (χ4v) is 1.65. The Morgan fingerprint density at radius 2 is 2.00 bits per heavy atom. The Bertz CT molecular complexity index is 448. The minimum absolute atomic E-state index is 0.0217. The van der Waals surface area contributed by atoms with Gasteiger partial charge in [0.05, 0.1) is 6.61 Å². The molecule has 1 aromatic rings. The van der Waals surface area contributed by atoms with E-state index in [1.165, 1.54) is 18.2 Å². The van der Waals surface area contributed by atoms with Gasteiger partial charge in [0.2, 0.25) is 0 Å². The zero-order valence-corrected chi connectivity index (χ0v) is 10.8. The first-order valence-corrected chi connectivity index (χ1v) is 5.93. The maximum absolute atomic E-state index is 13.0. The Balaban J connectivity index is 2.47. The monoisotopic (exact) mass is 295 g/mol. The molecule has 0 amide bonds. The molecule has 1 aromatic carbocycles. The molecular weight excluding hydrogens is 282 g/mol. The van der Waals surface area contributed by atoms with Gasteiger partial charge in [-0.15, -0.1) is 0 Å². The van der Waals surface area contributed by atoms with Crippen LogP contribution in [-0.2, 0) is 11.3 Å². The van der Waals surface area contributed by atoms with Crippen molar-refractivity contribution in [1.29, 1.82) is 0 Å². The van der Waals surface area contributed by atoms with E-state index in [4.69, 9.17) is 22.7 Å². The summed E-state index contributed by atoms with van der Waals surface area (Å²) in [6, 6.07) is 3.85. The molecule has 0 aliphatic rings. The fourth-order valence-electron chi connectivity index (χ4n) is 1.46. The summed E-state index contributed by atoms with van der Waals surface area (Å²) in [5, 5.41) is 0. The predicted molar refractivity (Wildman–Crippen MR) is 67.2 cm³/mol. The van der Waals surface area contributed by atoms with Gasteiger partial charge in [0.15, 0.2) is 0 Å². The molecule has 0 unspecified atom stereocenters. The van der Waals surface area contributed by atoms with E-state index in [9.17, 15) is 17.6 Å². The first kappa shape index (κ1) is 15.8. The molecule has 0 aliphatic carbocycles. The summed E-state index contributed by atoms with van der Waals surface area (Å²) in [6.07, 6.45) is -5.19. The first-order chi connectivity index (χ1) is 8.79. The number of halogens is 4. The minimum Gasteiger partial charge on any atom is -0.389 e. The van der Waals surface area contributed by atoms with Gasteiger partial charge in [-0.25, -0.2) is 4.39 Å². The third-order valence-electron chi connectivity index (χ3n) is 2.34. The summed E-state index contributed by atoms with van der Waals surface area (Å²) < 4.78 is 53.8. The molecular formula is C12H13F4NOS. The summed E-state index contributed by atoms with van der Waals surface area (Å²) in [4.78, 5) is 0.0217. The quantitative estimate of drug-likeness (QED) is 0.497. The topological polar surface area (TPSA) is 35.2 Å². The van der Waals surface area contributed by atoms with Crippen molar-refractivity contribution < 1.29 is 22.3 Å². The third-order valence-corrected chi connectivity index (χ3v) is 2.56. The van der Waals surface area contributed by atoms with Crippen LogP contribution in [0.3, 0.4) is 0 Å². The lowest BCUT2D eigenvalue weighted by molar-refractivity contribution is -0.138. The van der Waals surface area contributed by atoms with Crippen LogP contribution in [0.4, 0.5) is 17.6 Å². The van der Waals surface area contributed by atoms with Gasteiger partial charge in [-0.05, 0) is 24.1 Å². The van der Waals surface area contributed by atoms with Crippen LogP contribution in [-0.4, -0.2) is 17.8 Å². The van der Waals surface area contributed by atoms with Crippen LogP contribution in [0.2, 0.25) is 0 Å². The molecule has 0 fully saturated rings. The number of nitrogens with two attached hydrogens (primary N) is 1. The second kappa shape index (κ2) is 6.81. The maximum Gasteiger partial charge on any atom is 0.389 e. The largest absolute Gasteiger partial charge is 0.389 e. The first-order valence-electron chi connectivity index (χ1n) is 5.52. The number of hydrogen-bond acceptors (Lipinski definition) is 2. The molecule has 19 heavy (non-hydrogen) atoms. The molecule has 7 heteroatoms. The number of alkyl halides is 3. The van der Waals surface area contributed by atoms with E-state index in [0.29, 0.717) is 11.1 Å². The lowest BCUT2D eigenvalue weighted by atomic mass is 10.1. The molecule has 0 aromatic heterocycles. The highest BCUT2D eigenvalue weighted by Crippen LogP contribution is 2.21. The molecule has 106 valence electrons. The molecule has 0 radical (unpaired) electrons. The Hall–Kier alpha value is -1.21. The van der Waals surface area contributed by atoms with Gasteiger partial charge in [-0.3, -0.25) is 0 Å². The zero-order valence-electron chi connectivity index (χ0n) is 9.97. The normalized spacial score (nSPS) is 11.6. The van der Waals surface area contributed by atoms with E-state index in [1.54, 1.807) is 0 Å². The van der Waals surface area contributed by atoms with Gasteiger partial charge in [-0.2, -0.15) is 13.2 Å². The van der Waals surface area contributed by atoms with Gasteiger partial charge >= 0.3 is 6.18 Å². The summed E-state index contributed by atoms with van der Waals surface area (Å²) in [7, 11) is 0. The Kier molecular flexibility index (Phi) is 5.68. The predicted octanol–water partition coefficient (Wildman–Crippen LogP) is 3.32. The van der Waals surface area contributed by atoms with Gasteiger partial charge in [0, 0.05) is 18.6 Å². The van der Waals surface area contributed by atoms with E-state index in [2.05, 4.69) is 0 Å². The average molecular weight is 295 g/mol. The average Bonchev–Trinajstić information content (AvgIpc) is 2.28. The van der Waals surface area contributed by atoms with Crippen LogP contribution in [0.1, 0.15) is 24.0 Å². The molecule has 0 atom stereocenters. The molecule has 0 saturated heterocycles. The van der Waals surface area contributed by atoms with Crippen LogP contribution in [0, 0.1) is 5.82 Å². The van der Waals surface area contributed by atoms with E-state index in [1.807, 2.05) is 0 Å². The van der Waals surface area contributed by atoms with Gasteiger partial charge in [0.1, 0.15) is 10.8 Å². The van der Waals surface area contributed by atoms with Crippen molar-refractivity contribution in [3.8, 4) is 0 Å². The summed E-state index contributed by atoms with van der Waals surface area (Å²) >= 11 is 4.77. The van der Waals surface area contributed by atoms with Crippen LogP contribution >= 0.6 is 12.2 Å². The molecule has 0 aliphatic heterocycles. The van der Waals surface area contributed by atoms with E-state index < -0.39 is 18.4 Å². The fraction of sp³-hybridized carbons (Fsp3) is 0.417. The molecule has 2 N–H and O–H groups in total. The van der Waals surface area contributed by atoms with Crippen molar-refractivity contribution in [3.63, 3.8) is 0 Å². The number of thiocarbonyl (C=S) groups is 1. The molecule has 0 spiro atoms. The van der Waals surface area contributed by atoms with Gasteiger partial charge in [-0.1, -0.05) is 18.3 Å². The van der Waals surface area contributed by atoms with Crippen LogP contribution in [0.25, 0.3) is 0 Å². The van der Waals surface area contributed by atoms with E-state index >= 15 is 0 Å². The van der Waals surface area contributed by atoms with Crippen LogP contribution < -0.4 is 5.73 Å². The lowest BCUT2D eigenvalue weighted by Crippen LogP contribution is -2.14. The molecule has 0 saturated carbocycles. The Morgan fingerprint density at radius 3 is 2.58 bits per heavy atom. The van der Waals surface area contributed by atoms with Crippen molar-refractivity contribution in [3.05, 3.63) is 35.1 Å². The number of ether oxygens (including phenoxy) is 1. The van der Waals surface area contributed by atoms with E-state index in [-0.39, 0.29) is 24.6 Å². The smallest absolute Gasteiger partial charge is 0.389 e. The van der Waals surface area contributed by atoms with Gasteiger partial charge in [0.25, 0.3) is 0 Å². The van der Waals surface area contributed by atoms with Crippen LogP contribution in [0.5, 0.6) is 0 Å². The SMILES string of the molecule is NC(=S)c1cc(F)ccc1COCCCC(F)(F)F. The van der Waals surface area contributed by atoms with Crippen LogP contribution in [0.15, 0.2) is 18.2 Å². The second-order valence-corrected chi connectivity index (χ2v) is 4.38. The minimum atomic E-state index is -4.18. The number of benzene rings is 1. The van der Waals surface area contributed by atoms with Crippen molar-refractivity contribution in [2.24, 2.45) is 5.73 Å².